The quantitative estimate of drug-likeness (QED) is 0.706. The van der Waals surface area contributed by atoms with Gasteiger partial charge in [0.15, 0.2) is 0 Å². The molecule has 0 unspecified atom stereocenters. The summed E-state index contributed by atoms with van der Waals surface area (Å²) in [6.45, 7) is 0.278. The summed E-state index contributed by atoms with van der Waals surface area (Å²) in [5.41, 5.74) is 2.08. The maximum atomic E-state index is 12.5. The first kappa shape index (κ1) is 18.2. The van der Waals surface area contributed by atoms with Crippen LogP contribution in [0.25, 0.3) is 11.0 Å². The Labute approximate surface area is 151 Å². The second kappa shape index (κ2) is 6.97. The van der Waals surface area contributed by atoms with Gasteiger partial charge in [-0.05, 0) is 42.3 Å². The van der Waals surface area contributed by atoms with Crippen LogP contribution in [0, 0.1) is 0 Å². The first-order valence-corrected chi connectivity index (χ1v) is 9.60. The van der Waals surface area contributed by atoms with Crippen LogP contribution in [0.5, 0.6) is 5.75 Å². The molecule has 0 aliphatic heterocycles. The van der Waals surface area contributed by atoms with Gasteiger partial charge in [0.2, 0.25) is 10.0 Å². The number of nitrogens with zero attached hydrogens (tertiary/aromatic N) is 2. The molecule has 0 atom stereocenters. The highest BCUT2D eigenvalue weighted by molar-refractivity contribution is 7.89. The predicted octanol–water partition coefficient (Wildman–Crippen LogP) is 1.41. The third kappa shape index (κ3) is 3.38. The van der Waals surface area contributed by atoms with E-state index in [4.69, 9.17) is 4.74 Å². The summed E-state index contributed by atoms with van der Waals surface area (Å²) in [4.78, 5) is 12.1. The molecule has 0 spiro atoms. The van der Waals surface area contributed by atoms with Crippen LogP contribution in [0.1, 0.15) is 5.56 Å². The zero-order valence-corrected chi connectivity index (χ0v) is 15.7. The van der Waals surface area contributed by atoms with Gasteiger partial charge < -0.3 is 4.74 Å². The van der Waals surface area contributed by atoms with E-state index < -0.39 is 10.0 Å². The number of sulfonamides is 1. The fourth-order valence-electron chi connectivity index (χ4n) is 2.86. The molecule has 0 radical (unpaired) electrons. The van der Waals surface area contributed by atoms with Crippen LogP contribution in [0.15, 0.2) is 52.2 Å². The van der Waals surface area contributed by atoms with Gasteiger partial charge in [0.05, 0.1) is 23.0 Å². The number of methoxy groups -OCH3 is 1. The van der Waals surface area contributed by atoms with Crippen LogP contribution < -0.4 is 15.1 Å². The molecule has 0 saturated heterocycles. The Hall–Kier alpha value is -2.58. The van der Waals surface area contributed by atoms with E-state index in [1.54, 1.807) is 27.3 Å². The maximum absolute atomic E-state index is 12.5. The topological polar surface area (TPSA) is 82.3 Å². The number of hydrogen-bond donors (Lipinski definition) is 1. The smallest absolute Gasteiger partial charge is 0.328 e. The minimum Gasteiger partial charge on any atom is -0.497 e. The fraction of sp³-hybridized carbons (Fsp3) is 0.278. The van der Waals surface area contributed by atoms with Crippen LogP contribution in [-0.2, 0) is 30.5 Å². The van der Waals surface area contributed by atoms with Gasteiger partial charge in [0.25, 0.3) is 0 Å². The van der Waals surface area contributed by atoms with E-state index in [1.165, 1.54) is 21.3 Å². The number of aromatic nitrogens is 2. The number of aryl methyl sites for hydroxylation is 2. The lowest BCUT2D eigenvalue weighted by Gasteiger charge is -2.08. The Morgan fingerprint density at radius 1 is 1.00 bits per heavy atom. The molecule has 7 nitrogen and oxygen atoms in total. The molecule has 0 saturated carbocycles. The van der Waals surface area contributed by atoms with Crippen molar-refractivity contribution < 1.29 is 13.2 Å². The lowest BCUT2D eigenvalue weighted by molar-refractivity contribution is 0.414. The van der Waals surface area contributed by atoms with Gasteiger partial charge in [-0.1, -0.05) is 12.1 Å². The minimum absolute atomic E-state index is 0.140. The van der Waals surface area contributed by atoms with Gasteiger partial charge in [-0.2, -0.15) is 0 Å². The second-order valence-corrected chi connectivity index (χ2v) is 7.81. The van der Waals surface area contributed by atoms with Crippen molar-refractivity contribution in [1.29, 1.82) is 0 Å². The number of nitrogens with one attached hydrogen (secondary N) is 1. The van der Waals surface area contributed by atoms with Gasteiger partial charge in [-0.25, -0.2) is 17.9 Å². The summed E-state index contributed by atoms with van der Waals surface area (Å²) in [7, 11) is 1.23. The first-order valence-electron chi connectivity index (χ1n) is 8.11. The largest absolute Gasteiger partial charge is 0.497 e. The van der Waals surface area contributed by atoms with Gasteiger partial charge in [0.1, 0.15) is 5.75 Å². The number of benzene rings is 2. The standard InChI is InChI=1S/C18H21N3O4S/c1-20-16-9-8-15(12-17(16)21(2)18(20)22)26(23,24)19-11-10-13-4-6-14(25-3)7-5-13/h4-9,12,19H,10-11H2,1-3H3. The third-order valence-corrected chi connectivity index (χ3v) is 5.88. The van der Waals surface area contributed by atoms with Crippen molar-refractivity contribution in [1.82, 2.24) is 13.9 Å². The van der Waals surface area contributed by atoms with Crippen molar-refractivity contribution in [2.24, 2.45) is 14.1 Å². The molecule has 26 heavy (non-hydrogen) atoms. The maximum Gasteiger partial charge on any atom is 0.328 e. The van der Waals surface area contributed by atoms with Crippen LogP contribution in [0.3, 0.4) is 0 Å². The van der Waals surface area contributed by atoms with E-state index in [9.17, 15) is 13.2 Å². The van der Waals surface area contributed by atoms with Crippen LogP contribution in [-0.4, -0.2) is 31.2 Å². The molecule has 3 aromatic rings. The fourth-order valence-corrected chi connectivity index (χ4v) is 3.91. The second-order valence-electron chi connectivity index (χ2n) is 6.05. The molecule has 3 rings (SSSR count). The molecule has 0 bridgehead atoms. The average Bonchev–Trinajstić information content (AvgIpc) is 2.86. The minimum atomic E-state index is -3.65. The Bertz CT molecular complexity index is 1100. The van der Waals surface area contributed by atoms with Crippen molar-refractivity contribution in [3.63, 3.8) is 0 Å². The SMILES string of the molecule is COc1ccc(CCNS(=O)(=O)c2ccc3c(c2)n(C)c(=O)n3C)cc1. The lowest BCUT2D eigenvalue weighted by Crippen LogP contribution is -2.26. The van der Waals surface area contributed by atoms with Crippen LogP contribution in [0.4, 0.5) is 0 Å². The highest BCUT2D eigenvalue weighted by atomic mass is 32.2. The van der Waals surface area contributed by atoms with Gasteiger partial charge in [-0.3, -0.25) is 9.13 Å². The average molecular weight is 375 g/mol. The molecule has 138 valence electrons. The molecule has 1 heterocycles. The van der Waals surface area contributed by atoms with Crippen molar-refractivity contribution >= 4 is 21.1 Å². The van der Waals surface area contributed by atoms with Crippen molar-refractivity contribution in [2.75, 3.05) is 13.7 Å². The molecular formula is C18H21N3O4S. The van der Waals surface area contributed by atoms with Gasteiger partial charge >= 0.3 is 5.69 Å². The Balaban J connectivity index is 1.76. The predicted molar refractivity (Wildman–Crippen MR) is 100 cm³/mol. The number of rotatable bonds is 6. The van der Waals surface area contributed by atoms with Crippen molar-refractivity contribution in [3.05, 3.63) is 58.5 Å². The normalized spacial score (nSPS) is 11.8. The third-order valence-electron chi connectivity index (χ3n) is 4.42. The summed E-state index contributed by atoms with van der Waals surface area (Å²) in [6.07, 6.45) is 0.565. The summed E-state index contributed by atoms with van der Waals surface area (Å²) in [6, 6.07) is 12.2. The van der Waals surface area contributed by atoms with E-state index >= 15 is 0 Å². The number of hydrogen-bond acceptors (Lipinski definition) is 4. The Morgan fingerprint density at radius 2 is 1.65 bits per heavy atom. The lowest BCUT2D eigenvalue weighted by atomic mass is 10.1. The van der Waals surface area contributed by atoms with E-state index in [2.05, 4.69) is 4.72 Å². The van der Waals surface area contributed by atoms with E-state index in [0.717, 1.165) is 11.3 Å². The van der Waals surface area contributed by atoms with E-state index in [0.29, 0.717) is 17.5 Å². The van der Waals surface area contributed by atoms with Gasteiger partial charge in [0, 0.05) is 20.6 Å². The molecule has 8 heteroatoms. The summed E-state index contributed by atoms with van der Waals surface area (Å²) in [5.74, 6) is 0.760. The summed E-state index contributed by atoms with van der Waals surface area (Å²) in [5, 5.41) is 0. The summed E-state index contributed by atoms with van der Waals surface area (Å²) >= 11 is 0. The number of ether oxygens (including phenoxy) is 1. The van der Waals surface area contributed by atoms with Crippen molar-refractivity contribution in [3.8, 4) is 5.75 Å². The number of imidazole rings is 1. The van der Waals surface area contributed by atoms with E-state index in [-0.39, 0.29) is 17.1 Å². The first-order chi connectivity index (χ1) is 12.3. The summed E-state index contributed by atoms with van der Waals surface area (Å²) < 4.78 is 35.7. The molecule has 0 fully saturated rings. The molecule has 1 aromatic heterocycles. The number of fused-ring (bicyclic) bond motifs is 1. The monoisotopic (exact) mass is 375 g/mol. The Morgan fingerprint density at radius 3 is 2.31 bits per heavy atom. The molecular weight excluding hydrogens is 354 g/mol. The molecule has 2 aromatic carbocycles. The van der Waals surface area contributed by atoms with Gasteiger partial charge in [-0.15, -0.1) is 0 Å². The Kier molecular flexibility index (Phi) is 4.88. The zero-order valence-electron chi connectivity index (χ0n) is 14.9. The molecule has 1 N–H and O–H groups in total. The molecule has 0 aliphatic rings. The van der Waals surface area contributed by atoms with Crippen LogP contribution in [0.2, 0.25) is 0 Å². The zero-order chi connectivity index (χ0) is 18.9. The van der Waals surface area contributed by atoms with Crippen LogP contribution >= 0.6 is 0 Å². The molecule has 0 aliphatic carbocycles. The highest BCUT2D eigenvalue weighted by Gasteiger charge is 2.16. The van der Waals surface area contributed by atoms with E-state index in [1.807, 2.05) is 24.3 Å². The molecule has 0 amide bonds. The highest BCUT2D eigenvalue weighted by Crippen LogP contribution is 2.18. The van der Waals surface area contributed by atoms with Crippen molar-refractivity contribution in [2.45, 2.75) is 11.3 Å².